The van der Waals surface area contributed by atoms with Gasteiger partial charge in [-0.25, -0.2) is 0 Å². The summed E-state index contributed by atoms with van der Waals surface area (Å²) in [5.74, 6) is 0. The lowest BCUT2D eigenvalue weighted by atomic mass is 9.75. The normalized spacial score (nSPS) is 16.9. The average molecular weight is 533 g/mol. The molecule has 1 aliphatic rings. The van der Waals surface area contributed by atoms with Gasteiger partial charge in [0.1, 0.15) is 11.2 Å². The molecule has 198 valence electrons. The van der Waals surface area contributed by atoms with E-state index in [2.05, 4.69) is 117 Å². The Morgan fingerprint density at radius 1 is 0.610 bits per heavy atom. The van der Waals surface area contributed by atoms with Crippen LogP contribution in [0.1, 0.15) is 27.7 Å². The molecule has 0 saturated carbocycles. The maximum Gasteiger partial charge on any atom is 0.495 e. The number of nitrogens with zero attached hydrogens (tertiary/aromatic N) is 1. The predicted molar refractivity (Wildman–Crippen MR) is 170 cm³/mol. The molecule has 4 nitrogen and oxygen atoms in total. The van der Waals surface area contributed by atoms with Gasteiger partial charge in [-0.3, -0.25) is 0 Å². The number of benzene rings is 5. The highest BCUT2D eigenvalue weighted by Gasteiger charge is 2.52. The van der Waals surface area contributed by atoms with E-state index in [9.17, 15) is 0 Å². The third-order valence-corrected chi connectivity index (χ3v) is 9.58. The number of rotatable bonds is 2. The Labute approximate surface area is 237 Å². The minimum absolute atomic E-state index is 0.432. The van der Waals surface area contributed by atoms with Gasteiger partial charge in [-0.15, -0.1) is 0 Å². The summed E-state index contributed by atoms with van der Waals surface area (Å²) in [6.07, 6.45) is 0. The summed E-state index contributed by atoms with van der Waals surface area (Å²) in [6.45, 7) is 8.38. The van der Waals surface area contributed by atoms with E-state index >= 15 is 0 Å². The molecule has 0 bridgehead atoms. The molecule has 3 aromatic heterocycles. The van der Waals surface area contributed by atoms with E-state index in [4.69, 9.17) is 13.7 Å². The van der Waals surface area contributed by atoms with Crippen LogP contribution in [0, 0.1) is 0 Å². The lowest BCUT2D eigenvalue weighted by Gasteiger charge is -2.32. The van der Waals surface area contributed by atoms with E-state index < -0.39 is 18.3 Å². The number of hydrogen-bond donors (Lipinski definition) is 0. The Morgan fingerprint density at radius 3 is 1.80 bits per heavy atom. The van der Waals surface area contributed by atoms with Crippen LogP contribution >= 0.6 is 0 Å². The molecule has 1 saturated heterocycles. The van der Waals surface area contributed by atoms with Crippen molar-refractivity contribution in [3.05, 3.63) is 97.1 Å². The monoisotopic (exact) mass is 533 g/mol. The number of para-hydroxylation sites is 3. The summed E-state index contributed by atoms with van der Waals surface area (Å²) >= 11 is 0. The fourth-order valence-electron chi connectivity index (χ4n) is 6.85. The topological polar surface area (TPSA) is 36.0 Å². The van der Waals surface area contributed by atoms with Crippen molar-refractivity contribution in [2.24, 2.45) is 0 Å². The first-order valence-corrected chi connectivity index (χ1v) is 14.3. The van der Waals surface area contributed by atoms with Gasteiger partial charge in [0.25, 0.3) is 0 Å². The summed E-state index contributed by atoms with van der Waals surface area (Å²) in [7, 11) is -0.484. The molecule has 0 atom stereocenters. The van der Waals surface area contributed by atoms with E-state index in [-0.39, 0.29) is 0 Å². The van der Waals surface area contributed by atoms with Gasteiger partial charge >= 0.3 is 7.12 Å². The van der Waals surface area contributed by atoms with Gasteiger partial charge in [-0.2, -0.15) is 0 Å². The molecule has 5 aromatic carbocycles. The van der Waals surface area contributed by atoms with Crippen LogP contribution in [0.2, 0.25) is 0 Å². The van der Waals surface area contributed by atoms with Gasteiger partial charge in [-0.05, 0) is 69.1 Å². The van der Waals surface area contributed by atoms with Crippen molar-refractivity contribution in [1.29, 1.82) is 0 Å². The molecule has 1 aliphatic heterocycles. The van der Waals surface area contributed by atoms with Gasteiger partial charge in [-0.1, -0.05) is 66.7 Å². The fourth-order valence-corrected chi connectivity index (χ4v) is 6.85. The Balaban J connectivity index is 1.37. The highest BCUT2D eigenvalue weighted by Crippen LogP contribution is 2.44. The van der Waals surface area contributed by atoms with Crippen LogP contribution in [0.4, 0.5) is 0 Å². The summed E-state index contributed by atoms with van der Waals surface area (Å²) in [5, 5.41) is 7.15. The Bertz CT molecular complexity index is 2240. The molecule has 41 heavy (non-hydrogen) atoms. The molecule has 8 aromatic rings. The lowest BCUT2D eigenvalue weighted by molar-refractivity contribution is 0.00578. The average Bonchev–Trinajstić information content (AvgIpc) is 3.67. The number of hydrogen-bond acceptors (Lipinski definition) is 3. The van der Waals surface area contributed by atoms with Crippen LogP contribution in [0.25, 0.3) is 71.2 Å². The van der Waals surface area contributed by atoms with Crippen molar-refractivity contribution in [2.75, 3.05) is 0 Å². The first-order chi connectivity index (χ1) is 19.8. The molecule has 5 heteroatoms. The van der Waals surface area contributed by atoms with Crippen molar-refractivity contribution < 1.29 is 13.7 Å². The molecule has 1 fully saturated rings. The molecular weight excluding hydrogens is 505 g/mol. The third kappa shape index (κ3) is 2.97. The number of fused-ring (bicyclic) bond motifs is 9. The van der Waals surface area contributed by atoms with E-state index in [0.29, 0.717) is 0 Å². The Hall–Kier alpha value is -4.32. The molecule has 4 heterocycles. The van der Waals surface area contributed by atoms with Crippen molar-refractivity contribution in [3.8, 4) is 11.1 Å². The second-order valence-electron chi connectivity index (χ2n) is 12.4. The summed E-state index contributed by atoms with van der Waals surface area (Å²) in [5.41, 5.74) is 7.79. The largest absolute Gasteiger partial charge is 0.495 e. The minimum atomic E-state index is -0.484. The maximum atomic E-state index is 6.66. The van der Waals surface area contributed by atoms with Crippen LogP contribution in [0.15, 0.2) is 101 Å². The zero-order valence-corrected chi connectivity index (χ0v) is 23.5. The molecule has 9 rings (SSSR count). The quantitative estimate of drug-likeness (QED) is 0.209. The SMILES string of the molecule is CC1(C)OB(c2ccc(-c3cc4c5ccccc5n5c6ccccc6c(c3)c45)c3oc4ccccc4c23)OC1(C)C. The smallest absolute Gasteiger partial charge is 0.455 e. The first-order valence-electron chi connectivity index (χ1n) is 14.3. The summed E-state index contributed by atoms with van der Waals surface area (Å²) < 4.78 is 22.1. The zero-order chi connectivity index (χ0) is 27.7. The van der Waals surface area contributed by atoms with E-state index in [1.54, 1.807) is 0 Å². The van der Waals surface area contributed by atoms with Crippen molar-refractivity contribution in [3.63, 3.8) is 0 Å². The van der Waals surface area contributed by atoms with Crippen LogP contribution in [-0.4, -0.2) is 22.7 Å². The van der Waals surface area contributed by atoms with Crippen LogP contribution < -0.4 is 5.46 Å². The van der Waals surface area contributed by atoms with E-state index in [1.807, 2.05) is 12.1 Å². The second-order valence-corrected chi connectivity index (χ2v) is 12.4. The molecular formula is C36H28BNO3. The summed E-state index contributed by atoms with van der Waals surface area (Å²) in [6, 6.07) is 34.7. The zero-order valence-electron chi connectivity index (χ0n) is 23.5. The van der Waals surface area contributed by atoms with E-state index in [0.717, 1.165) is 38.5 Å². The third-order valence-electron chi connectivity index (χ3n) is 9.58. The molecule has 0 radical (unpaired) electrons. The molecule has 0 unspecified atom stereocenters. The standard InChI is InChI=1S/C36H28BNO3/c1-35(2)36(3,4)41-37(40-35)28-18-17-22(34-32(28)25-13-7-10-16-31(25)39-34)21-19-26-23-11-5-8-14-29(23)38-30-15-9-6-12-24(30)27(20-21)33(26)38/h5-20H,1-4H3. The van der Waals surface area contributed by atoms with Crippen LogP contribution in [0.3, 0.4) is 0 Å². The Morgan fingerprint density at radius 2 is 1.17 bits per heavy atom. The van der Waals surface area contributed by atoms with Crippen molar-refractivity contribution >= 4 is 72.6 Å². The highest BCUT2D eigenvalue weighted by atomic mass is 16.7. The first kappa shape index (κ1) is 23.4. The van der Waals surface area contributed by atoms with E-state index in [1.165, 1.54) is 38.1 Å². The highest BCUT2D eigenvalue weighted by molar-refractivity contribution is 6.66. The molecule has 0 aliphatic carbocycles. The fraction of sp³-hybridized carbons (Fsp3) is 0.167. The summed E-state index contributed by atoms with van der Waals surface area (Å²) in [4.78, 5) is 0. The van der Waals surface area contributed by atoms with Gasteiger partial charge in [0.2, 0.25) is 0 Å². The number of furan rings is 1. The number of aromatic nitrogens is 1. The van der Waals surface area contributed by atoms with Gasteiger partial charge < -0.3 is 18.1 Å². The van der Waals surface area contributed by atoms with Crippen molar-refractivity contribution in [1.82, 2.24) is 4.40 Å². The maximum absolute atomic E-state index is 6.66. The Kier molecular flexibility index (Phi) is 4.39. The van der Waals surface area contributed by atoms with Crippen LogP contribution in [0.5, 0.6) is 0 Å². The van der Waals surface area contributed by atoms with Gasteiger partial charge in [0.15, 0.2) is 0 Å². The van der Waals surface area contributed by atoms with Gasteiger partial charge in [0, 0.05) is 37.9 Å². The van der Waals surface area contributed by atoms with Crippen LogP contribution in [-0.2, 0) is 9.31 Å². The van der Waals surface area contributed by atoms with Gasteiger partial charge in [0.05, 0.1) is 27.8 Å². The van der Waals surface area contributed by atoms with Crippen molar-refractivity contribution in [2.45, 2.75) is 38.9 Å². The molecule has 0 spiro atoms. The minimum Gasteiger partial charge on any atom is -0.455 e. The second kappa shape index (κ2) is 7.70. The molecule has 0 amide bonds. The predicted octanol–water partition coefficient (Wildman–Crippen LogP) is 8.70. The lowest BCUT2D eigenvalue weighted by Crippen LogP contribution is -2.41. The molecule has 0 N–H and O–H groups in total.